The quantitative estimate of drug-likeness (QED) is 0.753. The molecule has 1 aromatic carbocycles. The van der Waals surface area contributed by atoms with Crippen LogP contribution in [0.3, 0.4) is 0 Å². The van der Waals surface area contributed by atoms with Crippen LogP contribution in [0.1, 0.15) is 26.3 Å². The molecule has 112 valence electrons. The third-order valence-electron chi connectivity index (χ3n) is 3.00. The lowest BCUT2D eigenvalue weighted by Gasteiger charge is -2.22. The number of likely N-dealkylation sites (N-methyl/N-ethyl adjacent to an activating group) is 1. The summed E-state index contributed by atoms with van der Waals surface area (Å²) in [6.45, 7) is 8.03. The normalized spacial score (nSPS) is 13.0. The largest absolute Gasteiger partial charge is 0.341 e. The van der Waals surface area contributed by atoms with Crippen molar-refractivity contribution in [1.82, 2.24) is 4.90 Å². The summed E-state index contributed by atoms with van der Waals surface area (Å²) in [6, 6.07) is 6.32. The maximum absolute atomic E-state index is 12.1. The fraction of sp³-hybridized carbons (Fsp3) is 0.500. The molecule has 0 saturated heterocycles. The molecule has 0 N–H and O–H groups in total. The first-order chi connectivity index (χ1) is 9.31. The van der Waals surface area contributed by atoms with Crippen LogP contribution in [0.4, 0.5) is 0 Å². The zero-order chi connectivity index (χ0) is 15.3. The van der Waals surface area contributed by atoms with Crippen LogP contribution in [0, 0.1) is 6.92 Å². The van der Waals surface area contributed by atoms with Gasteiger partial charge in [-0.2, -0.15) is 8.42 Å². The summed E-state index contributed by atoms with van der Waals surface area (Å²) in [5.41, 5.74) is 0.955. The number of aryl methyl sites for hydroxylation is 1. The van der Waals surface area contributed by atoms with E-state index in [4.69, 9.17) is 4.18 Å². The minimum absolute atomic E-state index is 0.0577. The van der Waals surface area contributed by atoms with Crippen molar-refractivity contribution in [1.29, 1.82) is 0 Å². The van der Waals surface area contributed by atoms with Crippen LogP contribution in [-0.4, -0.2) is 38.4 Å². The Morgan fingerprint density at radius 3 is 2.15 bits per heavy atom. The molecule has 1 amide bonds. The molecular weight excluding hydrogens is 278 g/mol. The Labute approximate surface area is 120 Å². The standard InChI is InChI=1S/C14H21NO4S/c1-5-15(6-2)14(16)12(4)19-20(17,18)13-9-7-11(3)8-10-13/h7-10,12H,5-6H2,1-4H3/t12-/m0/s1. The molecule has 0 bridgehead atoms. The summed E-state index contributed by atoms with van der Waals surface area (Å²) < 4.78 is 29.1. The van der Waals surface area contributed by atoms with Gasteiger partial charge in [-0.3, -0.25) is 8.98 Å². The molecule has 0 aromatic heterocycles. The molecule has 5 nitrogen and oxygen atoms in total. The zero-order valence-corrected chi connectivity index (χ0v) is 13.1. The minimum Gasteiger partial charge on any atom is -0.341 e. The van der Waals surface area contributed by atoms with Gasteiger partial charge in [-0.05, 0) is 39.8 Å². The molecule has 0 spiro atoms. The minimum atomic E-state index is -3.92. The molecular formula is C14H21NO4S. The predicted octanol–water partition coefficient (Wildman–Crippen LogP) is 1.96. The van der Waals surface area contributed by atoms with Gasteiger partial charge in [0.2, 0.25) is 0 Å². The van der Waals surface area contributed by atoms with Crippen LogP contribution < -0.4 is 0 Å². The Kier molecular flexibility index (Phi) is 5.71. The summed E-state index contributed by atoms with van der Waals surface area (Å²) in [5.74, 6) is -0.328. The lowest BCUT2D eigenvalue weighted by molar-refractivity contribution is -0.137. The topological polar surface area (TPSA) is 63.7 Å². The number of amides is 1. The summed E-state index contributed by atoms with van der Waals surface area (Å²) in [7, 11) is -3.92. The molecule has 0 unspecified atom stereocenters. The van der Waals surface area contributed by atoms with E-state index in [2.05, 4.69) is 0 Å². The lowest BCUT2D eigenvalue weighted by atomic mass is 10.2. The fourth-order valence-electron chi connectivity index (χ4n) is 1.78. The van der Waals surface area contributed by atoms with E-state index in [0.717, 1.165) is 5.56 Å². The first kappa shape index (κ1) is 16.7. The van der Waals surface area contributed by atoms with Crippen molar-refractivity contribution in [3.63, 3.8) is 0 Å². The average molecular weight is 299 g/mol. The maximum Gasteiger partial charge on any atom is 0.297 e. The number of benzene rings is 1. The SMILES string of the molecule is CCN(CC)C(=O)[C@H](C)OS(=O)(=O)c1ccc(C)cc1. The van der Waals surface area contributed by atoms with E-state index in [1.54, 1.807) is 12.1 Å². The van der Waals surface area contributed by atoms with E-state index >= 15 is 0 Å². The summed E-state index contributed by atoms with van der Waals surface area (Å²) in [5, 5.41) is 0. The van der Waals surface area contributed by atoms with Gasteiger partial charge in [-0.15, -0.1) is 0 Å². The Morgan fingerprint density at radius 2 is 1.70 bits per heavy atom. The van der Waals surface area contributed by atoms with Crippen molar-refractivity contribution >= 4 is 16.0 Å². The molecule has 20 heavy (non-hydrogen) atoms. The maximum atomic E-state index is 12.1. The van der Waals surface area contributed by atoms with Crippen molar-refractivity contribution in [2.75, 3.05) is 13.1 Å². The van der Waals surface area contributed by atoms with E-state index in [9.17, 15) is 13.2 Å². The summed E-state index contributed by atoms with van der Waals surface area (Å²) in [4.78, 5) is 13.6. The second-order valence-corrected chi connectivity index (χ2v) is 6.09. The highest BCUT2D eigenvalue weighted by molar-refractivity contribution is 7.86. The number of rotatable bonds is 6. The molecule has 0 aliphatic rings. The molecule has 0 aliphatic carbocycles. The Bertz CT molecular complexity index is 547. The van der Waals surface area contributed by atoms with Crippen LogP contribution in [0.15, 0.2) is 29.2 Å². The third kappa shape index (κ3) is 4.05. The molecule has 1 rings (SSSR count). The summed E-state index contributed by atoms with van der Waals surface area (Å²) >= 11 is 0. The van der Waals surface area contributed by atoms with Crippen LogP contribution in [0.25, 0.3) is 0 Å². The van der Waals surface area contributed by atoms with Crippen molar-refractivity contribution < 1.29 is 17.4 Å². The lowest BCUT2D eigenvalue weighted by Crippen LogP contribution is -2.39. The first-order valence-electron chi connectivity index (χ1n) is 6.60. The van der Waals surface area contributed by atoms with Gasteiger partial charge >= 0.3 is 0 Å². The Balaban J connectivity index is 2.85. The van der Waals surface area contributed by atoms with Crippen LogP contribution in [0.5, 0.6) is 0 Å². The molecule has 0 radical (unpaired) electrons. The average Bonchev–Trinajstić information content (AvgIpc) is 2.40. The van der Waals surface area contributed by atoms with Gasteiger partial charge in [-0.25, -0.2) is 0 Å². The molecule has 1 atom stereocenters. The van der Waals surface area contributed by atoms with E-state index in [1.165, 1.54) is 24.0 Å². The smallest absolute Gasteiger partial charge is 0.297 e. The highest BCUT2D eigenvalue weighted by Gasteiger charge is 2.26. The van der Waals surface area contributed by atoms with Crippen molar-refractivity contribution in [2.24, 2.45) is 0 Å². The third-order valence-corrected chi connectivity index (χ3v) is 4.40. The van der Waals surface area contributed by atoms with Gasteiger partial charge in [0.15, 0.2) is 6.10 Å². The molecule has 0 saturated carbocycles. The number of carbonyl (C=O) groups is 1. The van der Waals surface area contributed by atoms with Gasteiger partial charge < -0.3 is 4.90 Å². The van der Waals surface area contributed by atoms with Crippen LogP contribution >= 0.6 is 0 Å². The molecule has 0 aliphatic heterocycles. The second-order valence-electron chi connectivity index (χ2n) is 4.52. The highest BCUT2D eigenvalue weighted by Crippen LogP contribution is 2.16. The predicted molar refractivity (Wildman–Crippen MR) is 76.8 cm³/mol. The number of nitrogens with zero attached hydrogens (tertiary/aromatic N) is 1. The van der Waals surface area contributed by atoms with E-state index < -0.39 is 16.2 Å². The number of hydrogen-bond acceptors (Lipinski definition) is 4. The Morgan fingerprint density at radius 1 is 1.20 bits per heavy atom. The van der Waals surface area contributed by atoms with Gasteiger partial charge in [0.05, 0.1) is 4.90 Å². The van der Waals surface area contributed by atoms with Crippen molar-refractivity contribution in [3.8, 4) is 0 Å². The zero-order valence-electron chi connectivity index (χ0n) is 12.3. The van der Waals surface area contributed by atoms with Crippen LogP contribution in [0.2, 0.25) is 0 Å². The molecule has 1 aromatic rings. The van der Waals surface area contributed by atoms with E-state index in [0.29, 0.717) is 13.1 Å². The second kappa shape index (κ2) is 6.85. The Hall–Kier alpha value is -1.40. The first-order valence-corrected chi connectivity index (χ1v) is 8.01. The van der Waals surface area contributed by atoms with Gasteiger partial charge in [0.25, 0.3) is 16.0 Å². The number of hydrogen-bond donors (Lipinski definition) is 0. The van der Waals surface area contributed by atoms with E-state index in [1.807, 2.05) is 20.8 Å². The monoisotopic (exact) mass is 299 g/mol. The van der Waals surface area contributed by atoms with E-state index in [-0.39, 0.29) is 10.8 Å². The van der Waals surface area contributed by atoms with Crippen molar-refractivity contribution in [3.05, 3.63) is 29.8 Å². The molecule has 0 fully saturated rings. The van der Waals surface area contributed by atoms with Crippen molar-refractivity contribution in [2.45, 2.75) is 38.7 Å². The van der Waals surface area contributed by atoms with Gasteiger partial charge in [0.1, 0.15) is 0 Å². The highest BCUT2D eigenvalue weighted by atomic mass is 32.2. The van der Waals surface area contributed by atoms with Crippen LogP contribution in [-0.2, 0) is 19.1 Å². The molecule has 0 heterocycles. The number of carbonyl (C=O) groups excluding carboxylic acids is 1. The van der Waals surface area contributed by atoms with Gasteiger partial charge in [-0.1, -0.05) is 17.7 Å². The summed E-state index contributed by atoms with van der Waals surface area (Å²) in [6.07, 6.45) is -1.03. The van der Waals surface area contributed by atoms with Gasteiger partial charge in [0, 0.05) is 13.1 Å². The molecule has 6 heteroatoms. The fourth-order valence-corrected chi connectivity index (χ4v) is 2.83.